The van der Waals surface area contributed by atoms with Gasteiger partial charge in [-0.05, 0) is 69.9 Å². The molecule has 2 aromatic carbocycles. The molecule has 18 heteroatoms. The number of esters is 5. The number of amides is 1. The van der Waals surface area contributed by atoms with Crippen molar-refractivity contribution in [1.29, 1.82) is 0 Å². The number of alkyl carbamates (subject to hydrolysis) is 1. The van der Waals surface area contributed by atoms with Crippen LogP contribution in [0.4, 0.5) is 4.79 Å². The first-order valence-electron chi connectivity index (χ1n) is 23.1. The van der Waals surface area contributed by atoms with Crippen LogP contribution >= 0.6 is 0 Å². The van der Waals surface area contributed by atoms with Crippen LogP contribution in [0.2, 0.25) is 0 Å². The van der Waals surface area contributed by atoms with Crippen LogP contribution in [-0.4, -0.2) is 128 Å². The molecule has 6 rings (SSSR count). The lowest BCUT2D eigenvalue weighted by Crippen LogP contribution is -2.82. The number of hydrogen-bond acceptors (Lipinski definition) is 17. The lowest BCUT2D eigenvalue weighted by atomic mass is 9.44. The van der Waals surface area contributed by atoms with Gasteiger partial charge >= 0.3 is 35.9 Å². The van der Waals surface area contributed by atoms with Crippen LogP contribution in [0.3, 0.4) is 0 Å². The van der Waals surface area contributed by atoms with E-state index in [1.807, 2.05) is 0 Å². The molecule has 4 aliphatic rings. The van der Waals surface area contributed by atoms with Crippen molar-refractivity contribution in [1.82, 2.24) is 5.32 Å². The highest BCUT2D eigenvalue weighted by molar-refractivity contribution is 5.94. The Morgan fingerprint density at radius 3 is 2.10 bits per heavy atom. The maximum Gasteiger partial charge on any atom is 0.408 e. The molecule has 18 nitrogen and oxygen atoms in total. The average Bonchev–Trinajstić information content (AvgIpc) is 3.28. The smallest absolute Gasteiger partial charge is 0.408 e. The van der Waals surface area contributed by atoms with Crippen LogP contribution in [-0.2, 0) is 66.6 Å². The van der Waals surface area contributed by atoms with E-state index in [4.69, 9.17) is 42.6 Å². The second-order valence-electron chi connectivity index (χ2n) is 19.9. The summed E-state index contributed by atoms with van der Waals surface area (Å²) >= 11 is 0. The van der Waals surface area contributed by atoms with E-state index in [0.29, 0.717) is 6.42 Å². The molecule has 0 spiro atoms. The highest BCUT2D eigenvalue weighted by Crippen LogP contribution is 2.65. The summed E-state index contributed by atoms with van der Waals surface area (Å²) in [6.07, 6.45) is -9.50. The Balaban J connectivity index is 1.54. The van der Waals surface area contributed by atoms with Crippen molar-refractivity contribution in [3.63, 3.8) is 0 Å². The van der Waals surface area contributed by atoms with Crippen LogP contribution < -0.4 is 5.32 Å². The SMILES string of the molecule is CCCC(=O)OCC(=O)O[C@@H](C(=O)O[C@H]1C[C@@]2(O)[C@@H](OC(=O)c3ccccc3)[C@@H]3[C@]4(OC(C)=O)CO[C@@H]4C[C@H](OC)[C@@]3(C)C(=O)[C@H](OC)C(=C1C)C2(C)C)[C@@H](NC(=O)OC(C)(C)C)c1ccccc1. The zero-order valence-electron chi connectivity index (χ0n) is 41.1. The van der Waals surface area contributed by atoms with E-state index in [1.165, 1.54) is 33.3 Å². The molecular weight excluding hydrogens is 899 g/mol. The lowest BCUT2D eigenvalue weighted by Gasteiger charge is -2.67. The summed E-state index contributed by atoms with van der Waals surface area (Å²) in [5.41, 5.74) is -7.42. The summed E-state index contributed by atoms with van der Waals surface area (Å²) in [5, 5.41) is 16.6. The van der Waals surface area contributed by atoms with Gasteiger partial charge in [-0.3, -0.25) is 14.4 Å². The number of Topliss-reactive ketones (excluding diaryl/α,β-unsaturated/α-hetero) is 1. The minimum absolute atomic E-state index is 0.00884. The number of ketones is 1. The van der Waals surface area contributed by atoms with Crippen LogP contribution in [0.1, 0.15) is 110 Å². The monoisotopic (exact) mass is 963 g/mol. The first kappa shape index (κ1) is 52.7. The lowest BCUT2D eigenvalue weighted by molar-refractivity contribution is -0.347. The predicted octanol–water partition coefficient (Wildman–Crippen LogP) is 5.46. The minimum Gasteiger partial charge on any atom is -0.455 e. The zero-order valence-corrected chi connectivity index (χ0v) is 41.1. The Morgan fingerprint density at radius 1 is 0.913 bits per heavy atom. The fourth-order valence-corrected chi connectivity index (χ4v) is 10.8. The van der Waals surface area contributed by atoms with E-state index in [9.17, 15) is 29.1 Å². The van der Waals surface area contributed by atoms with Crippen LogP contribution in [0, 0.1) is 16.7 Å². The van der Waals surface area contributed by atoms with Gasteiger partial charge in [0.15, 0.2) is 18.0 Å². The summed E-state index contributed by atoms with van der Waals surface area (Å²) in [4.78, 5) is 97.8. The van der Waals surface area contributed by atoms with Gasteiger partial charge in [0.25, 0.3) is 0 Å². The quantitative estimate of drug-likeness (QED) is 0.128. The van der Waals surface area contributed by atoms with Crippen LogP contribution in [0.15, 0.2) is 71.8 Å². The van der Waals surface area contributed by atoms with Crippen LogP contribution in [0.5, 0.6) is 0 Å². The first-order chi connectivity index (χ1) is 32.4. The van der Waals surface area contributed by atoms with Crippen molar-refractivity contribution < 1.29 is 81.3 Å². The molecule has 0 aromatic heterocycles. The molecule has 3 aliphatic carbocycles. The zero-order chi connectivity index (χ0) is 50.9. The molecule has 11 atom stereocenters. The van der Waals surface area contributed by atoms with E-state index < -0.39 is 131 Å². The molecule has 1 saturated heterocycles. The van der Waals surface area contributed by atoms with Crippen molar-refractivity contribution in [2.24, 2.45) is 16.7 Å². The third-order valence-corrected chi connectivity index (χ3v) is 14.1. The summed E-state index contributed by atoms with van der Waals surface area (Å²) in [5.74, 6) is -6.64. The fraction of sp³-hybridized carbons (Fsp3) is 0.588. The molecule has 1 heterocycles. The van der Waals surface area contributed by atoms with Gasteiger partial charge in [-0.25, -0.2) is 19.2 Å². The van der Waals surface area contributed by atoms with Crippen molar-refractivity contribution in [3.8, 4) is 0 Å². The van der Waals surface area contributed by atoms with Crippen LogP contribution in [0.25, 0.3) is 0 Å². The van der Waals surface area contributed by atoms with Gasteiger partial charge in [0.2, 0.25) is 6.10 Å². The van der Waals surface area contributed by atoms with Gasteiger partial charge in [-0.2, -0.15) is 0 Å². The normalized spacial score (nSPS) is 30.0. The topological polar surface area (TPSA) is 235 Å². The number of aliphatic hydroxyl groups is 1. The van der Waals surface area contributed by atoms with Crippen molar-refractivity contribution in [2.45, 2.75) is 147 Å². The first-order valence-corrected chi connectivity index (χ1v) is 23.1. The number of ether oxygens (including phenoxy) is 9. The number of rotatable bonds is 15. The second-order valence-corrected chi connectivity index (χ2v) is 19.9. The molecule has 3 fully saturated rings. The molecule has 1 aliphatic heterocycles. The number of nitrogens with one attached hydrogen (secondary N) is 1. The molecule has 2 bridgehead atoms. The Labute approximate surface area is 402 Å². The molecule has 69 heavy (non-hydrogen) atoms. The van der Waals surface area contributed by atoms with Gasteiger partial charge < -0.3 is 53.1 Å². The third kappa shape index (κ3) is 10.0. The molecule has 376 valence electrons. The molecule has 0 radical (unpaired) electrons. The number of hydrogen-bond donors (Lipinski definition) is 2. The number of carbonyl (C=O) groups excluding carboxylic acids is 7. The van der Waals surface area contributed by atoms with Gasteiger partial charge in [0.05, 0.1) is 29.6 Å². The molecular formula is C51H65NO17. The maximum atomic E-state index is 15.8. The number of methoxy groups -OCH3 is 2. The molecule has 2 saturated carbocycles. The Hall–Kier alpha value is -5.69. The standard InChI is InChI=1S/C51H65NO17/c1-12-19-35(54)63-26-36(55)66-40(38(30-20-15-13-16-21-30)52-46(59)69-47(4,5)6)45(58)65-32-25-51(60)43(67-44(57)31-22-17-14-18-23-31)41-49(9,42(56)39(62-11)37(28(32)2)48(51,7)8)33(61-10)24-34-50(41,27-64-34)68-29(3)53/h13-18,20-23,32-34,38-41,43,60H,12,19,24-27H2,1-11H3,(H,52,59)/t32-,33-,34+,38-,39+,40+,41-,43-,49+,50-,51+/m0/s1. The highest BCUT2D eigenvalue weighted by atomic mass is 16.6. The van der Waals surface area contributed by atoms with Gasteiger partial charge in [0, 0.05) is 45.8 Å². The van der Waals surface area contributed by atoms with Gasteiger partial charge in [-0.1, -0.05) is 69.3 Å². The number of fused-ring (bicyclic) bond motifs is 5. The van der Waals surface area contributed by atoms with Gasteiger partial charge in [0.1, 0.15) is 41.7 Å². The summed E-state index contributed by atoms with van der Waals surface area (Å²) in [6.45, 7) is 13.3. The fourth-order valence-electron chi connectivity index (χ4n) is 10.8. The van der Waals surface area contributed by atoms with E-state index in [1.54, 1.807) is 104 Å². The summed E-state index contributed by atoms with van der Waals surface area (Å²) in [7, 11) is 2.74. The van der Waals surface area contributed by atoms with E-state index in [2.05, 4.69) is 5.32 Å². The third-order valence-electron chi connectivity index (χ3n) is 14.1. The van der Waals surface area contributed by atoms with Crippen molar-refractivity contribution in [2.75, 3.05) is 27.4 Å². The molecule has 1 amide bonds. The Kier molecular flexibility index (Phi) is 15.5. The molecule has 0 unspecified atom stereocenters. The van der Waals surface area contributed by atoms with E-state index >= 15 is 9.59 Å². The van der Waals surface area contributed by atoms with E-state index in [-0.39, 0.29) is 41.7 Å². The Bertz CT molecular complexity index is 2310. The highest BCUT2D eigenvalue weighted by Gasteiger charge is 2.78. The molecule has 2 N–H and O–H groups in total. The maximum absolute atomic E-state index is 15.8. The summed E-state index contributed by atoms with van der Waals surface area (Å²) in [6, 6.07) is 14.6. The predicted molar refractivity (Wildman–Crippen MR) is 243 cm³/mol. The largest absolute Gasteiger partial charge is 0.455 e. The van der Waals surface area contributed by atoms with Crippen molar-refractivity contribution >= 4 is 41.7 Å². The van der Waals surface area contributed by atoms with Gasteiger partial charge in [-0.15, -0.1) is 0 Å². The number of benzene rings is 2. The second kappa shape index (κ2) is 20.3. The van der Waals surface area contributed by atoms with Crippen molar-refractivity contribution in [3.05, 3.63) is 82.9 Å². The Morgan fingerprint density at radius 2 is 1.55 bits per heavy atom. The summed E-state index contributed by atoms with van der Waals surface area (Å²) < 4.78 is 53.8. The number of carbonyl (C=O) groups is 7. The van der Waals surface area contributed by atoms with E-state index in [0.717, 1.165) is 0 Å². The average molecular weight is 964 g/mol. The molecule has 2 aromatic rings. The minimum atomic E-state index is -2.32.